The number of hydrogen-bond acceptors (Lipinski definition) is 5. The van der Waals surface area contributed by atoms with Crippen molar-refractivity contribution >= 4 is 12.2 Å². The highest BCUT2D eigenvalue weighted by Crippen LogP contribution is 2.37. The van der Waals surface area contributed by atoms with Gasteiger partial charge in [0.2, 0.25) is 5.75 Å². The summed E-state index contributed by atoms with van der Waals surface area (Å²) in [6.07, 6.45) is 3.01. The first-order valence-electron chi connectivity index (χ1n) is 5.82. The monoisotopic (exact) mass is 274 g/mol. The topological polar surface area (TPSA) is 90.2 Å². The van der Waals surface area contributed by atoms with E-state index in [-0.39, 0.29) is 34.3 Å². The molecule has 20 heavy (non-hydrogen) atoms. The molecule has 2 aromatic rings. The van der Waals surface area contributed by atoms with Crippen molar-refractivity contribution in [1.29, 1.82) is 0 Å². The van der Waals surface area contributed by atoms with Gasteiger partial charge < -0.3 is 25.2 Å². The molecule has 0 bridgehead atoms. The van der Waals surface area contributed by atoms with E-state index in [0.717, 1.165) is 0 Å². The molecule has 0 amide bonds. The number of phenolic OH excluding ortho intramolecular Hbond substituents is 4. The Morgan fingerprint density at radius 1 is 0.850 bits per heavy atom. The second-order valence-corrected chi connectivity index (χ2v) is 4.14. The standard InChI is InChI=1S/C15H14O5/c1-20-15-13(18)7-9(8-14(15)19)5-6-10-11(16)3-2-4-12(10)17/h2-8,16-19H,1H3. The van der Waals surface area contributed by atoms with E-state index in [1.807, 2.05) is 0 Å². The van der Waals surface area contributed by atoms with Gasteiger partial charge in [0.05, 0.1) is 12.7 Å². The lowest BCUT2D eigenvalue weighted by molar-refractivity contribution is 0.344. The van der Waals surface area contributed by atoms with Crippen LogP contribution in [0.25, 0.3) is 12.2 Å². The number of ether oxygens (including phenoxy) is 1. The van der Waals surface area contributed by atoms with Crippen molar-refractivity contribution in [3.8, 4) is 28.7 Å². The van der Waals surface area contributed by atoms with E-state index >= 15 is 0 Å². The molecule has 0 aromatic heterocycles. The number of aromatic hydroxyl groups is 4. The lowest BCUT2D eigenvalue weighted by Gasteiger charge is -2.07. The zero-order chi connectivity index (χ0) is 14.7. The minimum absolute atomic E-state index is 0.00689. The second kappa shape index (κ2) is 5.44. The summed E-state index contributed by atoms with van der Waals surface area (Å²) in [6, 6.07) is 7.20. The molecule has 0 saturated carbocycles. The van der Waals surface area contributed by atoms with Gasteiger partial charge in [0, 0.05) is 0 Å². The first kappa shape index (κ1) is 13.6. The third-order valence-corrected chi connectivity index (χ3v) is 2.78. The fraction of sp³-hybridized carbons (Fsp3) is 0.0667. The van der Waals surface area contributed by atoms with Gasteiger partial charge in [-0.1, -0.05) is 12.1 Å². The molecule has 0 spiro atoms. The van der Waals surface area contributed by atoms with E-state index in [1.165, 1.54) is 49.6 Å². The van der Waals surface area contributed by atoms with Crippen LogP contribution in [0.1, 0.15) is 11.1 Å². The summed E-state index contributed by atoms with van der Waals surface area (Å²) in [5.74, 6) is -0.540. The van der Waals surface area contributed by atoms with Crippen molar-refractivity contribution in [2.24, 2.45) is 0 Å². The molecule has 0 heterocycles. The summed E-state index contributed by atoms with van der Waals surface area (Å²) in [6.45, 7) is 0. The van der Waals surface area contributed by atoms with E-state index in [2.05, 4.69) is 0 Å². The summed E-state index contributed by atoms with van der Waals surface area (Å²) in [5.41, 5.74) is 0.741. The number of benzene rings is 2. The van der Waals surface area contributed by atoms with E-state index in [4.69, 9.17) is 4.74 Å². The maximum absolute atomic E-state index is 9.66. The Bertz CT molecular complexity index is 618. The highest BCUT2D eigenvalue weighted by Gasteiger charge is 2.09. The molecule has 0 fully saturated rings. The Morgan fingerprint density at radius 3 is 1.90 bits per heavy atom. The lowest BCUT2D eigenvalue weighted by Crippen LogP contribution is -1.85. The van der Waals surface area contributed by atoms with E-state index < -0.39 is 0 Å². The maximum atomic E-state index is 9.66. The summed E-state index contributed by atoms with van der Waals surface area (Å²) in [5, 5.41) is 38.6. The smallest absolute Gasteiger partial charge is 0.202 e. The summed E-state index contributed by atoms with van der Waals surface area (Å²) < 4.78 is 4.83. The second-order valence-electron chi connectivity index (χ2n) is 4.14. The van der Waals surface area contributed by atoms with Gasteiger partial charge in [-0.2, -0.15) is 0 Å². The van der Waals surface area contributed by atoms with Crippen molar-refractivity contribution in [3.05, 3.63) is 41.5 Å². The Balaban J connectivity index is 2.37. The van der Waals surface area contributed by atoms with E-state index in [1.54, 1.807) is 0 Å². The molecule has 0 aliphatic rings. The summed E-state index contributed by atoms with van der Waals surface area (Å²) >= 11 is 0. The molecule has 0 aliphatic heterocycles. The van der Waals surface area contributed by atoms with E-state index in [9.17, 15) is 20.4 Å². The molecule has 2 rings (SSSR count). The van der Waals surface area contributed by atoms with E-state index in [0.29, 0.717) is 5.56 Å². The normalized spacial score (nSPS) is 10.8. The predicted molar refractivity (Wildman–Crippen MR) is 75.0 cm³/mol. The molecular formula is C15H14O5. The van der Waals surface area contributed by atoms with Crippen LogP contribution in [0.15, 0.2) is 30.3 Å². The van der Waals surface area contributed by atoms with Gasteiger partial charge in [-0.05, 0) is 35.9 Å². The zero-order valence-corrected chi connectivity index (χ0v) is 10.7. The van der Waals surface area contributed by atoms with Gasteiger partial charge >= 0.3 is 0 Å². The highest BCUT2D eigenvalue weighted by atomic mass is 16.5. The molecule has 0 unspecified atom stereocenters. The fourth-order valence-electron chi connectivity index (χ4n) is 1.82. The molecule has 0 aliphatic carbocycles. The summed E-state index contributed by atoms with van der Waals surface area (Å²) in [7, 11) is 1.34. The Hall–Kier alpha value is -2.82. The van der Waals surface area contributed by atoms with Gasteiger partial charge in [-0.25, -0.2) is 0 Å². The van der Waals surface area contributed by atoms with Crippen LogP contribution in [0.2, 0.25) is 0 Å². The van der Waals surface area contributed by atoms with Gasteiger partial charge in [0.15, 0.2) is 11.5 Å². The Morgan fingerprint density at radius 2 is 1.40 bits per heavy atom. The number of phenols is 4. The average Bonchev–Trinajstić information content (AvgIpc) is 2.38. The minimum Gasteiger partial charge on any atom is -0.507 e. The van der Waals surface area contributed by atoms with Crippen LogP contribution in [0, 0.1) is 0 Å². The van der Waals surface area contributed by atoms with Crippen molar-refractivity contribution < 1.29 is 25.2 Å². The molecule has 0 saturated heterocycles. The molecule has 4 N–H and O–H groups in total. The molecular weight excluding hydrogens is 260 g/mol. The lowest BCUT2D eigenvalue weighted by atomic mass is 10.1. The zero-order valence-electron chi connectivity index (χ0n) is 10.7. The first-order chi connectivity index (χ1) is 9.52. The minimum atomic E-state index is -0.200. The van der Waals surface area contributed by atoms with Crippen LogP contribution in [0.4, 0.5) is 0 Å². The molecule has 5 nitrogen and oxygen atoms in total. The first-order valence-corrected chi connectivity index (χ1v) is 5.82. The predicted octanol–water partition coefficient (Wildman–Crippen LogP) is 2.69. The SMILES string of the molecule is COc1c(O)cc(C=Cc2c(O)cccc2O)cc1O. The van der Waals surface area contributed by atoms with Gasteiger partial charge in [0.25, 0.3) is 0 Å². The number of methoxy groups -OCH3 is 1. The van der Waals surface area contributed by atoms with Crippen molar-refractivity contribution in [3.63, 3.8) is 0 Å². The Labute approximate surface area is 115 Å². The summed E-state index contributed by atoms with van der Waals surface area (Å²) in [4.78, 5) is 0. The third-order valence-electron chi connectivity index (χ3n) is 2.78. The average molecular weight is 274 g/mol. The van der Waals surface area contributed by atoms with Gasteiger partial charge in [-0.3, -0.25) is 0 Å². The van der Waals surface area contributed by atoms with Gasteiger partial charge in [0.1, 0.15) is 11.5 Å². The number of rotatable bonds is 3. The quantitative estimate of drug-likeness (QED) is 0.646. The van der Waals surface area contributed by atoms with Crippen LogP contribution >= 0.6 is 0 Å². The highest BCUT2D eigenvalue weighted by molar-refractivity contribution is 5.77. The largest absolute Gasteiger partial charge is 0.507 e. The molecule has 0 atom stereocenters. The number of hydrogen-bond donors (Lipinski definition) is 4. The van der Waals surface area contributed by atoms with Crippen LogP contribution in [-0.4, -0.2) is 27.5 Å². The van der Waals surface area contributed by atoms with Crippen molar-refractivity contribution in [1.82, 2.24) is 0 Å². The van der Waals surface area contributed by atoms with Crippen LogP contribution in [0.3, 0.4) is 0 Å². The Kier molecular flexibility index (Phi) is 3.70. The van der Waals surface area contributed by atoms with Crippen molar-refractivity contribution in [2.75, 3.05) is 7.11 Å². The maximum Gasteiger partial charge on any atom is 0.202 e. The molecule has 2 aromatic carbocycles. The van der Waals surface area contributed by atoms with Gasteiger partial charge in [-0.15, -0.1) is 0 Å². The van der Waals surface area contributed by atoms with Crippen LogP contribution in [0.5, 0.6) is 28.7 Å². The van der Waals surface area contributed by atoms with Crippen LogP contribution in [-0.2, 0) is 0 Å². The molecule has 0 radical (unpaired) electrons. The van der Waals surface area contributed by atoms with Crippen LogP contribution < -0.4 is 4.74 Å². The van der Waals surface area contributed by atoms with Crippen molar-refractivity contribution in [2.45, 2.75) is 0 Å². The third kappa shape index (κ3) is 2.61. The fourth-order valence-corrected chi connectivity index (χ4v) is 1.82. The molecule has 104 valence electrons. The molecule has 5 heteroatoms.